The summed E-state index contributed by atoms with van der Waals surface area (Å²) in [4.78, 5) is 4.96. The highest BCUT2D eigenvalue weighted by Crippen LogP contribution is 2.48. The van der Waals surface area contributed by atoms with E-state index in [1.165, 1.54) is 0 Å². The molecule has 0 aliphatic rings. The van der Waals surface area contributed by atoms with Crippen molar-refractivity contribution in [3.05, 3.63) is 170 Å². The number of para-hydroxylation sites is 2. The molecule has 0 saturated heterocycles. The van der Waals surface area contributed by atoms with Gasteiger partial charge in [0.15, 0.2) is 0 Å². The summed E-state index contributed by atoms with van der Waals surface area (Å²) in [5.74, 6) is 0.165. The molecule has 10 aromatic rings. The molecular weight excluding hydrogens is 601 g/mol. The molecule has 2 aromatic heterocycles. The lowest BCUT2D eigenvalue weighted by molar-refractivity contribution is 1.13. The van der Waals surface area contributed by atoms with E-state index in [2.05, 4.69) is 24.3 Å². The molecule has 0 spiro atoms. The summed E-state index contributed by atoms with van der Waals surface area (Å²) in [6.07, 6.45) is 0. The summed E-state index contributed by atoms with van der Waals surface area (Å²) < 4.78 is 90.6. The largest absolute Gasteiger partial charge is 0.291 e. The molecule has 0 aliphatic heterocycles. The van der Waals surface area contributed by atoms with E-state index in [1.54, 1.807) is 17.4 Å². The molecule has 0 aliphatic carbocycles. The minimum Gasteiger partial charge on any atom is -0.291 e. The first kappa shape index (κ1) is 19.0. The molecule has 0 atom stereocenters. The van der Waals surface area contributed by atoms with E-state index in [0.29, 0.717) is 33.1 Å². The van der Waals surface area contributed by atoms with E-state index in [4.69, 9.17) is 18.7 Å². The minimum absolute atomic E-state index is 0.0474. The van der Waals surface area contributed by atoms with E-state index in [1.807, 2.05) is 83.4 Å². The van der Waals surface area contributed by atoms with Gasteiger partial charge >= 0.3 is 0 Å². The maximum atomic E-state index is 9.01. The molecule has 2 nitrogen and oxygen atoms in total. The molecule has 0 amide bonds. The highest BCUT2D eigenvalue weighted by atomic mass is 32.1. The van der Waals surface area contributed by atoms with Crippen molar-refractivity contribution in [1.82, 2.24) is 9.55 Å². The molecule has 10 rings (SSSR count). The predicted octanol–water partition coefficient (Wildman–Crippen LogP) is 12.7. The Morgan fingerprint density at radius 3 is 2.02 bits per heavy atom. The van der Waals surface area contributed by atoms with Crippen molar-refractivity contribution in [2.45, 2.75) is 0 Å². The van der Waals surface area contributed by atoms with Crippen LogP contribution in [0, 0.1) is 0 Å². The van der Waals surface area contributed by atoms with E-state index in [-0.39, 0.29) is 41.1 Å². The van der Waals surface area contributed by atoms with Crippen LogP contribution in [-0.4, -0.2) is 9.55 Å². The molecule has 0 N–H and O–H groups in total. The van der Waals surface area contributed by atoms with Gasteiger partial charge in [-0.05, 0) is 63.4 Å². The summed E-state index contributed by atoms with van der Waals surface area (Å²) in [5.41, 5.74) is 4.10. The second kappa shape index (κ2) is 10.8. The molecule has 2 heterocycles. The van der Waals surface area contributed by atoms with E-state index >= 15 is 0 Å². The van der Waals surface area contributed by atoms with Crippen molar-refractivity contribution >= 4 is 64.1 Å². The Labute approximate surface area is 295 Å². The quantitative estimate of drug-likeness (QED) is 0.175. The zero-order chi connectivity index (χ0) is 40.3. The smallest absolute Gasteiger partial charge is 0.145 e. The van der Waals surface area contributed by atoms with Gasteiger partial charge in [0.2, 0.25) is 0 Å². The highest BCUT2D eigenvalue weighted by Gasteiger charge is 2.23. The number of fused-ring (bicyclic) bond motifs is 6. The number of rotatable bonds is 4. The van der Waals surface area contributed by atoms with Crippen LogP contribution in [0.1, 0.15) is 13.7 Å². The SMILES string of the molecule is [2H]c1c([2H])c([2H])c(-c2ccc3c(-n4c(-c5c([2H])c([2H])c([2H])c([2H])c5[2H])nc5ccccc54)c4ccccc4c(-c4cccc5sc6ccccc6c45)c3c2)c([2H])c1[2H]. The minimum atomic E-state index is -0.503. The Hall–Kier alpha value is -6.03. The number of hydrogen-bond donors (Lipinski definition) is 0. The normalized spacial score (nSPS) is 14.7. The molecule has 0 unspecified atom stereocenters. The lowest BCUT2D eigenvalue weighted by atomic mass is 9.87. The van der Waals surface area contributed by atoms with Crippen LogP contribution in [0.25, 0.3) is 92.1 Å². The molecule has 48 heavy (non-hydrogen) atoms. The second-order valence-corrected chi connectivity index (χ2v) is 12.6. The first-order valence-electron chi connectivity index (χ1n) is 20.5. The lowest BCUT2D eigenvalue weighted by Crippen LogP contribution is -2.02. The van der Waals surface area contributed by atoms with Gasteiger partial charge in [0, 0.05) is 36.5 Å². The average Bonchev–Trinajstić information content (AvgIpc) is 3.81. The van der Waals surface area contributed by atoms with Crippen LogP contribution >= 0.6 is 11.3 Å². The zero-order valence-electron chi connectivity index (χ0n) is 35.2. The van der Waals surface area contributed by atoms with Gasteiger partial charge in [0.25, 0.3) is 0 Å². The van der Waals surface area contributed by atoms with Crippen LogP contribution in [0.2, 0.25) is 0 Å². The van der Waals surface area contributed by atoms with Crippen LogP contribution in [-0.2, 0) is 0 Å². The first-order chi connectivity index (χ1) is 28.0. The van der Waals surface area contributed by atoms with Crippen LogP contribution in [0.4, 0.5) is 0 Å². The number of nitrogens with zero attached hydrogens (tertiary/aromatic N) is 2. The molecule has 3 heteroatoms. The first-order valence-corrected chi connectivity index (χ1v) is 16.3. The Bertz CT molecular complexity index is 3370. The molecular formula is C45H28N2S. The third kappa shape index (κ3) is 4.08. The van der Waals surface area contributed by atoms with Crippen molar-refractivity contribution in [3.63, 3.8) is 0 Å². The van der Waals surface area contributed by atoms with Gasteiger partial charge in [0.1, 0.15) is 5.82 Å². The van der Waals surface area contributed by atoms with Crippen LogP contribution < -0.4 is 0 Å². The fourth-order valence-corrected chi connectivity index (χ4v) is 8.13. The molecule has 8 aromatic carbocycles. The summed E-state index contributed by atoms with van der Waals surface area (Å²) in [5, 5.41) is 5.21. The number of aromatic nitrogens is 2. The average molecular weight is 639 g/mol. The highest BCUT2D eigenvalue weighted by molar-refractivity contribution is 7.25. The maximum Gasteiger partial charge on any atom is 0.145 e. The third-order valence-electron chi connectivity index (χ3n) is 8.96. The molecule has 0 saturated carbocycles. The number of hydrogen-bond acceptors (Lipinski definition) is 2. The summed E-state index contributed by atoms with van der Waals surface area (Å²) >= 11 is 1.70. The molecule has 224 valence electrons. The summed E-state index contributed by atoms with van der Waals surface area (Å²) in [7, 11) is 0. The van der Waals surface area contributed by atoms with Gasteiger partial charge in [-0.25, -0.2) is 4.98 Å². The van der Waals surface area contributed by atoms with Crippen molar-refractivity contribution in [2.75, 3.05) is 0 Å². The summed E-state index contributed by atoms with van der Waals surface area (Å²) in [6.45, 7) is 0. The van der Waals surface area contributed by atoms with Gasteiger partial charge in [-0.2, -0.15) is 0 Å². The monoisotopic (exact) mass is 638 g/mol. The standard InChI is InChI=1S/C45H28N2S/c1-3-14-29(15-4-1)31-26-27-34-37(28-31)42(36-21-13-25-41-43(36)35-20-9-12-24-40(35)48-41)32-18-7-8-19-33(32)44(34)47-39-23-11-10-22-38(39)46-45(47)30-16-5-2-6-17-30/h1-28H/i1D,2D,3D,4D,5D,6D,14D,15D,16D,17D. The van der Waals surface area contributed by atoms with Gasteiger partial charge < -0.3 is 0 Å². The van der Waals surface area contributed by atoms with E-state index < -0.39 is 36.3 Å². The molecule has 0 fully saturated rings. The van der Waals surface area contributed by atoms with Crippen molar-refractivity contribution in [3.8, 4) is 39.3 Å². The van der Waals surface area contributed by atoms with Crippen LogP contribution in [0.5, 0.6) is 0 Å². The van der Waals surface area contributed by atoms with Crippen molar-refractivity contribution < 1.29 is 13.7 Å². The Morgan fingerprint density at radius 2 is 1.19 bits per heavy atom. The van der Waals surface area contributed by atoms with Crippen molar-refractivity contribution in [1.29, 1.82) is 0 Å². The fraction of sp³-hybridized carbons (Fsp3) is 0. The third-order valence-corrected chi connectivity index (χ3v) is 10.1. The van der Waals surface area contributed by atoms with Crippen LogP contribution in [0.3, 0.4) is 0 Å². The number of imidazole rings is 1. The van der Waals surface area contributed by atoms with Crippen LogP contribution in [0.15, 0.2) is 170 Å². The van der Waals surface area contributed by atoms with Gasteiger partial charge in [0.05, 0.1) is 30.4 Å². The van der Waals surface area contributed by atoms with Gasteiger partial charge in [-0.1, -0.05) is 139 Å². The van der Waals surface area contributed by atoms with E-state index in [0.717, 1.165) is 42.1 Å². The van der Waals surface area contributed by atoms with E-state index in [9.17, 15) is 0 Å². The van der Waals surface area contributed by atoms with Gasteiger partial charge in [-0.3, -0.25) is 4.57 Å². The Balaban J connectivity index is 1.43. The maximum absolute atomic E-state index is 9.01. The molecule has 0 radical (unpaired) electrons. The van der Waals surface area contributed by atoms with Crippen molar-refractivity contribution in [2.24, 2.45) is 0 Å². The molecule has 0 bridgehead atoms. The number of thiophene rings is 1. The topological polar surface area (TPSA) is 17.8 Å². The summed E-state index contributed by atoms with van der Waals surface area (Å²) in [6, 6.07) is 31.1. The lowest BCUT2D eigenvalue weighted by Gasteiger charge is -2.21. The number of benzene rings is 8. The predicted molar refractivity (Wildman–Crippen MR) is 205 cm³/mol. The second-order valence-electron chi connectivity index (χ2n) is 11.6. The Morgan fingerprint density at radius 1 is 0.521 bits per heavy atom. The van der Waals surface area contributed by atoms with Gasteiger partial charge in [-0.15, -0.1) is 11.3 Å². The fourth-order valence-electron chi connectivity index (χ4n) is 7.00. The Kier molecular flexibility index (Phi) is 4.25. The zero-order valence-corrected chi connectivity index (χ0v) is 26.0.